The number of carboxylic acids is 1. The minimum absolute atomic E-state index is 0. The molecule has 0 radical (unpaired) electrons. The van der Waals surface area contributed by atoms with Gasteiger partial charge in [0.25, 0.3) is 0 Å². The van der Waals surface area contributed by atoms with Gasteiger partial charge in [0.1, 0.15) is 5.69 Å². The normalized spacial score (nSPS) is 10.5. The van der Waals surface area contributed by atoms with Crippen LogP contribution < -0.4 is 0 Å². The van der Waals surface area contributed by atoms with Crippen molar-refractivity contribution in [3.05, 3.63) is 109 Å². The van der Waals surface area contributed by atoms with E-state index in [0.717, 1.165) is 33.5 Å². The van der Waals surface area contributed by atoms with Gasteiger partial charge in [0, 0.05) is 27.3 Å². The summed E-state index contributed by atoms with van der Waals surface area (Å²) in [7, 11) is 0. The number of carbonyl (C=O) groups is 1. The second-order valence-electron chi connectivity index (χ2n) is 6.83. The minimum atomic E-state index is -0.990. The number of hydrogen-bond donors (Lipinski definition) is 1. The number of fused-ring (bicyclic) bond motifs is 5. The van der Waals surface area contributed by atoms with Gasteiger partial charge in [-0.2, -0.15) is 24.3 Å². The summed E-state index contributed by atoms with van der Waals surface area (Å²) in [4.78, 5) is 18.6. The molecule has 7 heteroatoms. The van der Waals surface area contributed by atoms with Crippen LogP contribution in [0.25, 0.3) is 33.5 Å². The van der Waals surface area contributed by atoms with Gasteiger partial charge in [0.05, 0.1) is 22.1 Å². The number of carboxylic acid groups (broad SMARTS) is 1. The Morgan fingerprint density at radius 1 is 0.812 bits per heavy atom. The molecule has 0 aliphatic carbocycles. The molecule has 3 aromatic heterocycles. The molecule has 6 rings (SSSR count). The molecule has 0 fully saturated rings. The molecule has 0 atom stereocenters. The zero-order valence-electron chi connectivity index (χ0n) is 16.7. The first kappa shape index (κ1) is 21.5. The third-order valence-corrected chi connectivity index (χ3v) is 4.92. The van der Waals surface area contributed by atoms with E-state index in [2.05, 4.69) is 68.5 Å². The van der Waals surface area contributed by atoms with Crippen molar-refractivity contribution in [3.63, 3.8) is 0 Å². The van der Waals surface area contributed by atoms with Crippen molar-refractivity contribution in [2.24, 2.45) is 0 Å². The topological polar surface area (TPSA) is 72.4 Å². The molecule has 160 valence electrons. The van der Waals surface area contributed by atoms with Crippen LogP contribution in [0.15, 0.2) is 97.2 Å². The van der Waals surface area contributed by atoms with Gasteiger partial charge >= 0.3 is 5.97 Å². The molecule has 0 amide bonds. The molecule has 0 spiro atoms. The Morgan fingerprint density at radius 3 is 2.16 bits per heavy atom. The van der Waals surface area contributed by atoms with E-state index < -0.39 is 5.97 Å². The monoisotopic (exact) mass is 600 g/mol. The van der Waals surface area contributed by atoms with Gasteiger partial charge in [0.15, 0.2) is 0 Å². The van der Waals surface area contributed by atoms with Crippen LogP contribution in [-0.2, 0) is 21.1 Å². The molecule has 3 aromatic carbocycles. The van der Waals surface area contributed by atoms with Crippen LogP contribution in [-0.4, -0.2) is 30.0 Å². The summed E-state index contributed by atoms with van der Waals surface area (Å²) in [5.74, 6) is -0.0690. The summed E-state index contributed by atoms with van der Waals surface area (Å²) in [6.45, 7) is 0. The molecule has 6 aromatic rings. The zero-order valence-corrected chi connectivity index (χ0v) is 19.0. The van der Waals surface area contributed by atoms with E-state index >= 15 is 0 Å². The van der Waals surface area contributed by atoms with Crippen molar-refractivity contribution in [3.8, 4) is 5.69 Å². The van der Waals surface area contributed by atoms with Crippen molar-refractivity contribution in [2.75, 3.05) is 0 Å². The van der Waals surface area contributed by atoms with E-state index in [-0.39, 0.29) is 26.8 Å². The van der Waals surface area contributed by atoms with Crippen molar-refractivity contribution in [1.29, 1.82) is 0 Å². The van der Waals surface area contributed by atoms with Gasteiger partial charge in [0.2, 0.25) is 5.78 Å². The predicted octanol–water partition coefficient (Wildman–Crippen LogP) is 5.01. The van der Waals surface area contributed by atoms with E-state index in [1.807, 2.05) is 24.3 Å². The Kier molecular flexibility index (Phi) is 6.15. The molecule has 0 bridgehead atoms. The average molecular weight is 601 g/mol. The van der Waals surface area contributed by atoms with E-state index in [0.29, 0.717) is 0 Å². The fraction of sp³-hybridized carbons (Fsp3) is 0. The summed E-state index contributed by atoms with van der Waals surface area (Å²) in [6, 6.07) is 32.7. The molecule has 0 saturated heterocycles. The number of aromatic carboxylic acids is 1. The number of hydrogen-bond acceptors (Lipinski definition) is 3. The molecule has 0 aliphatic heterocycles. The summed E-state index contributed by atoms with van der Waals surface area (Å²) in [6.07, 6.45) is 1.45. The second kappa shape index (κ2) is 9.16. The molecular weight excluding hydrogens is 583 g/mol. The van der Waals surface area contributed by atoms with Gasteiger partial charge in [-0.05, 0) is 36.4 Å². The fourth-order valence-corrected chi connectivity index (χ4v) is 3.60. The fourth-order valence-electron chi connectivity index (χ4n) is 3.60. The maximum Gasteiger partial charge on any atom is 0.354 e. The molecule has 0 unspecified atom stereocenters. The van der Waals surface area contributed by atoms with E-state index in [9.17, 15) is 4.79 Å². The zero-order chi connectivity index (χ0) is 21.2. The van der Waals surface area contributed by atoms with Gasteiger partial charge < -0.3 is 9.67 Å². The molecular formula is C25H17N4O2Pt-. The maximum atomic E-state index is 10.1. The Labute approximate surface area is 198 Å². The molecule has 6 nitrogen and oxygen atoms in total. The van der Waals surface area contributed by atoms with Crippen molar-refractivity contribution < 1.29 is 31.0 Å². The van der Waals surface area contributed by atoms with Gasteiger partial charge in [-0.15, -0.1) is 6.07 Å². The third kappa shape index (κ3) is 3.81. The average Bonchev–Trinajstić information content (AvgIpc) is 3.35. The maximum absolute atomic E-state index is 10.1. The smallest absolute Gasteiger partial charge is 0.354 e. The van der Waals surface area contributed by atoms with Gasteiger partial charge in [-0.3, -0.25) is 4.40 Å². The molecule has 32 heavy (non-hydrogen) atoms. The molecule has 0 saturated carbocycles. The van der Waals surface area contributed by atoms with Crippen molar-refractivity contribution >= 4 is 33.8 Å². The third-order valence-electron chi connectivity index (χ3n) is 4.92. The summed E-state index contributed by atoms with van der Waals surface area (Å²) < 4.78 is 4.38. The van der Waals surface area contributed by atoms with Gasteiger partial charge in [-0.25, -0.2) is 14.8 Å². The number of imidazole rings is 2. The Morgan fingerprint density at radius 2 is 1.50 bits per heavy atom. The first-order valence-electron chi connectivity index (χ1n) is 9.72. The minimum Gasteiger partial charge on any atom is -0.477 e. The van der Waals surface area contributed by atoms with Crippen LogP contribution in [0.2, 0.25) is 0 Å². The van der Waals surface area contributed by atoms with E-state index in [1.165, 1.54) is 12.3 Å². The molecule has 3 heterocycles. The number of pyridine rings is 1. The predicted molar refractivity (Wildman–Crippen MR) is 120 cm³/mol. The van der Waals surface area contributed by atoms with Crippen LogP contribution in [0.4, 0.5) is 0 Å². The number of benzene rings is 3. The Bertz CT molecular complexity index is 1510. The van der Waals surface area contributed by atoms with Crippen LogP contribution in [0.5, 0.6) is 0 Å². The summed E-state index contributed by atoms with van der Waals surface area (Å²) in [5, 5.41) is 8.32. The number of rotatable bonds is 2. The molecule has 1 N–H and O–H groups in total. The second-order valence-corrected chi connectivity index (χ2v) is 6.83. The Hall–Kier alpha value is -3.76. The SMILES string of the molecule is O=C(O)c1ccccn1.[Pt].[c-]1ccccc1-n1c2ccccc2n2c3ccccc3nc12. The van der Waals surface area contributed by atoms with Gasteiger partial charge in [-0.1, -0.05) is 36.0 Å². The van der Waals surface area contributed by atoms with Crippen molar-refractivity contribution in [2.45, 2.75) is 0 Å². The van der Waals surface area contributed by atoms with Crippen LogP contribution in [0.3, 0.4) is 0 Å². The number of aromatic nitrogens is 4. The first-order valence-corrected chi connectivity index (χ1v) is 9.72. The Balaban J connectivity index is 0.000000209. The quantitative estimate of drug-likeness (QED) is 0.284. The molecule has 0 aliphatic rings. The van der Waals surface area contributed by atoms with Crippen LogP contribution in [0, 0.1) is 6.07 Å². The van der Waals surface area contributed by atoms with Crippen LogP contribution >= 0.6 is 0 Å². The van der Waals surface area contributed by atoms with Crippen LogP contribution in [0.1, 0.15) is 10.5 Å². The number of para-hydroxylation sites is 5. The standard InChI is InChI=1S/C19H12N3.C6H5NO2.Pt/c1-2-8-14(9-3-1)21-17-12-6-7-13-18(17)22-16-11-5-4-10-15(16)20-19(21)22;8-6(9)5-3-1-2-4-7-5;/h1-8,10-13H;1-4H,(H,8,9);/q-1;;. The summed E-state index contributed by atoms with van der Waals surface area (Å²) >= 11 is 0. The van der Waals surface area contributed by atoms with Crippen molar-refractivity contribution in [1.82, 2.24) is 18.9 Å². The first-order chi connectivity index (χ1) is 15.2. The van der Waals surface area contributed by atoms with E-state index in [4.69, 9.17) is 10.1 Å². The van der Waals surface area contributed by atoms with E-state index in [1.54, 1.807) is 12.1 Å². The largest absolute Gasteiger partial charge is 0.477 e. The summed E-state index contributed by atoms with van der Waals surface area (Å²) in [5.41, 5.74) is 5.51. The number of nitrogens with zero attached hydrogens (tertiary/aromatic N) is 4.